The van der Waals surface area contributed by atoms with E-state index in [2.05, 4.69) is 10.2 Å². The van der Waals surface area contributed by atoms with Gasteiger partial charge in [-0.15, -0.1) is 0 Å². The number of hydrogen-bond donors (Lipinski definition) is 2. The number of likely N-dealkylation sites (tertiary alicyclic amines) is 1. The first-order chi connectivity index (χ1) is 8.21. The van der Waals surface area contributed by atoms with Crippen LogP contribution in [0.4, 0.5) is 0 Å². The minimum atomic E-state index is 0.0983. The van der Waals surface area contributed by atoms with Crippen LogP contribution < -0.4 is 11.1 Å². The molecule has 3 N–H and O–H groups in total. The Bertz CT molecular complexity index is 236. The number of methoxy groups -OCH3 is 1. The number of carbonyl (C=O) groups is 1. The van der Waals surface area contributed by atoms with Crippen molar-refractivity contribution in [2.45, 2.75) is 38.3 Å². The molecule has 1 heterocycles. The van der Waals surface area contributed by atoms with Crippen LogP contribution in [0.1, 0.15) is 26.2 Å². The Labute approximate surface area is 104 Å². The molecule has 0 bridgehead atoms. The van der Waals surface area contributed by atoms with Gasteiger partial charge in [0.05, 0.1) is 12.6 Å². The molecule has 0 aliphatic carbocycles. The van der Waals surface area contributed by atoms with Crippen LogP contribution in [0.5, 0.6) is 0 Å². The van der Waals surface area contributed by atoms with E-state index < -0.39 is 0 Å². The van der Waals surface area contributed by atoms with Crippen LogP contribution >= 0.6 is 0 Å². The van der Waals surface area contributed by atoms with Gasteiger partial charge in [-0.05, 0) is 19.3 Å². The van der Waals surface area contributed by atoms with Crippen LogP contribution in [0.25, 0.3) is 0 Å². The zero-order valence-corrected chi connectivity index (χ0v) is 10.9. The van der Waals surface area contributed by atoms with Gasteiger partial charge in [-0.3, -0.25) is 9.69 Å². The van der Waals surface area contributed by atoms with Crippen LogP contribution in [0.3, 0.4) is 0 Å². The number of nitrogens with zero attached hydrogens (tertiary/aromatic N) is 1. The minimum Gasteiger partial charge on any atom is -0.381 e. The molecular formula is C12H25N3O2. The maximum absolute atomic E-state index is 11.7. The molecule has 1 amide bonds. The molecule has 0 spiro atoms. The molecule has 1 rings (SSSR count). The number of amides is 1. The van der Waals surface area contributed by atoms with Crippen molar-refractivity contribution in [1.82, 2.24) is 10.2 Å². The number of nitrogens with two attached hydrogens (primary N) is 1. The predicted octanol–water partition coefficient (Wildman–Crippen LogP) is -0.0493. The number of carbonyl (C=O) groups excluding carboxylic acids is 1. The number of hydrogen-bond acceptors (Lipinski definition) is 4. The second-order valence-corrected chi connectivity index (χ2v) is 4.59. The Morgan fingerprint density at radius 3 is 2.94 bits per heavy atom. The van der Waals surface area contributed by atoms with Crippen molar-refractivity contribution in [3.8, 4) is 0 Å². The lowest BCUT2D eigenvalue weighted by atomic mass is 9.99. The molecule has 0 aromatic carbocycles. The van der Waals surface area contributed by atoms with Gasteiger partial charge in [-0.2, -0.15) is 0 Å². The lowest BCUT2D eigenvalue weighted by Crippen LogP contribution is -2.51. The molecule has 1 fully saturated rings. The van der Waals surface area contributed by atoms with Gasteiger partial charge in [-0.1, -0.05) is 6.92 Å². The molecule has 17 heavy (non-hydrogen) atoms. The standard InChI is InChI=1S/C12H25N3O2/c1-3-5-14-12(16)9-15-6-4-11(17-2)7-10(15)8-13/h10-11H,3-9,13H2,1-2H3,(H,14,16). The van der Waals surface area contributed by atoms with E-state index in [1.165, 1.54) is 0 Å². The monoisotopic (exact) mass is 243 g/mol. The number of rotatable bonds is 6. The molecular weight excluding hydrogens is 218 g/mol. The number of nitrogens with one attached hydrogen (secondary N) is 1. The lowest BCUT2D eigenvalue weighted by molar-refractivity contribution is -0.123. The topological polar surface area (TPSA) is 67.6 Å². The quantitative estimate of drug-likeness (QED) is 0.686. The summed E-state index contributed by atoms with van der Waals surface area (Å²) in [7, 11) is 1.74. The molecule has 1 aliphatic heterocycles. The average molecular weight is 243 g/mol. The van der Waals surface area contributed by atoms with Crippen molar-refractivity contribution in [1.29, 1.82) is 0 Å². The highest BCUT2D eigenvalue weighted by Gasteiger charge is 2.28. The van der Waals surface area contributed by atoms with Crippen LogP contribution in [-0.4, -0.2) is 56.2 Å². The third kappa shape index (κ3) is 4.61. The Hall–Kier alpha value is -0.650. The van der Waals surface area contributed by atoms with Gasteiger partial charge in [0.1, 0.15) is 0 Å². The fourth-order valence-corrected chi connectivity index (χ4v) is 2.24. The summed E-state index contributed by atoms with van der Waals surface area (Å²) in [6.45, 7) is 4.73. The van der Waals surface area contributed by atoms with Gasteiger partial charge >= 0.3 is 0 Å². The first-order valence-corrected chi connectivity index (χ1v) is 6.44. The Kier molecular flexibility index (Phi) is 6.47. The average Bonchev–Trinajstić information content (AvgIpc) is 2.36. The van der Waals surface area contributed by atoms with E-state index in [4.69, 9.17) is 10.5 Å². The summed E-state index contributed by atoms with van der Waals surface area (Å²) in [5.74, 6) is 0.0983. The van der Waals surface area contributed by atoms with Crippen molar-refractivity contribution in [2.24, 2.45) is 5.73 Å². The fourth-order valence-electron chi connectivity index (χ4n) is 2.24. The zero-order valence-electron chi connectivity index (χ0n) is 10.9. The Morgan fingerprint density at radius 2 is 2.35 bits per heavy atom. The normalized spacial score (nSPS) is 25.8. The van der Waals surface area contributed by atoms with E-state index in [-0.39, 0.29) is 11.9 Å². The van der Waals surface area contributed by atoms with Crippen LogP contribution in [0.15, 0.2) is 0 Å². The predicted molar refractivity (Wildman–Crippen MR) is 67.7 cm³/mol. The Morgan fingerprint density at radius 1 is 1.59 bits per heavy atom. The highest BCUT2D eigenvalue weighted by atomic mass is 16.5. The second kappa shape index (κ2) is 7.63. The van der Waals surface area contributed by atoms with Gasteiger partial charge in [0, 0.05) is 32.8 Å². The fraction of sp³-hybridized carbons (Fsp3) is 0.917. The molecule has 1 aliphatic rings. The summed E-state index contributed by atoms with van der Waals surface area (Å²) < 4.78 is 5.36. The molecule has 5 nitrogen and oxygen atoms in total. The van der Waals surface area contributed by atoms with E-state index in [0.717, 1.165) is 32.4 Å². The van der Waals surface area contributed by atoms with Crippen molar-refractivity contribution >= 4 is 5.91 Å². The largest absolute Gasteiger partial charge is 0.381 e. The smallest absolute Gasteiger partial charge is 0.234 e. The van der Waals surface area contributed by atoms with Crippen molar-refractivity contribution < 1.29 is 9.53 Å². The molecule has 0 saturated carbocycles. The molecule has 2 unspecified atom stereocenters. The van der Waals surface area contributed by atoms with Crippen LogP contribution in [-0.2, 0) is 9.53 Å². The van der Waals surface area contributed by atoms with Crippen LogP contribution in [0, 0.1) is 0 Å². The first-order valence-electron chi connectivity index (χ1n) is 6.44. The first kappa shape index (κ1) is 14.4. The van der Waals surface area contributed by atoms with E-state index in [0.29, 0.717) is 19.2 Å². The maximum atomic E-state index is 11.7. The number of piperidine rings is 1. The molecule has 100 valence electrons. The molecule has 0 radical (unpaired) electrons. The van der Waals surface area contributed by atoms with E-state index in [9.17, 15) is 4.79 Å². The third-order valence-corrected chi connectivity index (χ3v) is 3.31. The molecule has 0 aromatic rings. The minimum absolute atomic E-state index is 0.0983. The van der Waals surface area contributed by atoms with E-state index in [1.54, 1.807) is 7.11 Å². The maximum Gasteiger partial charge on any atom is 0.234 e. The summed E-state index contributed by atoms with van der Waals surface area (Å²) >= 11 is 0. The van der Waals surface area contributed by atoms with Crippen molar-refractivity contribution in [3.05, 3.63) is 0 Å². The Balaban J connectivity index is 2.39. The van der Waals surface area contributed by atoms with Gasteiger partial charge < -0.3 is 15.8 Å². The second-order valence-electron chi connectivity index (χ2n) is 4.59. The summed E-state index contributed by atoms with van der Waals surface area (Å²) in [5, 5.41) is 2.90. The van der Waals surface area contributed by atoms with Crippen molar-refractivity contribution in [2.75, 3.05) is 33.3 Å². The number of ether oxygens (including phenoxy) is 1. The summed E-state index contributed by atoms with van der Waals surface area (Å²) in [6, 6.07) is 0.265. The zero-order chi connectivity index (χ0) is 12.7. The summed E-state index contributed by atoms with van der Waals surface area (Å²) in [6.07, 6.45) is 3.17. The lowest BCUT2D eigenvalue weighted by Gasteiger charge is -2.37. The highest BCUT2D eigenvalue weighted by molar-refractivity contribution is 5.78. The van der Waals surface area contributed by atoms with E-state index >= 15 is 0 Å². The highest BCUT2D eigenvalue weighted by Crippen LogP contribution is 2.18. The third-order valence-electron chi connectivity index (χ3n) is 3.31. The SMILES string of the molecule is CCCNC(=O)CN1CCC(OC)CC1CN. The van der Waals surface area contributed by atoms with Crippen LogP contribution in [0.2, 0.25) is 0 Å². The van der Waals surface area contributed by atoms with Gasteiger partial charge in [0.15, 0.2) is 0 Å². The molecule has 1 saturated heterocycles. The van der Waals surface area contributed by atoms with Crippen molar-refractivity contribution in [3.63, 3.8) is 0 Å². The van der Waals surface area contributed by atoms with E-state index in [1.807, 2.05) is 6.92 Å². The molecule has 2 atom stereocenters. The summed E-state index contributed by atoms with van der Waals surface area (Å²) in [5.41, 5.74) is 5.76. The van der Waals surface area contributed by atoms with Gasteiger partial charge in [0.2, 0.25) is 5.91 Å². The van der Waals surface area contributed by atoms with Gasteiger partial charge in [0.25, 0.3) is 0 Å². The molecule has 5 heteroatoms. The molecule has 0 aromatic heterocycles. The summed E-state index contributed by atoms with van der Waals surface area (Å²) in [4.78, 5) is 13.8. The van der Waals surface area contributed by atoms with Gasteiger partial charge in [-0.25, -0.2) is 0 Å².